The van der Waals surface area contributed by atoms with E-state index in [9.17, 15) is 14.7 Å². The van der Waals surface area contributed by atoms with Gasteiger partial charge < -0.3 is 24.1 Å². The molecular formula is C31H30N2O7S. The first kappa shape index (κ1) is 28.1. The average Bonchev–Trinajstić information content (AvgIpc) is 3.69. The van der Waals surface area contributed by atoms with Gasteiger partial charge >= 0.3 is 5.97 Å². The minimum Gasteiger partial charge on any atom is -0.497 e. The van der Waals surface area contributed by atoms with Gasteiger partial charge in [0.15, 0.2) is 17.3 Å². The van der Waals surface area contributed by atoms with E-state index in [2.05, 4.69) is 8.75 Å². The topological polar surface area (TPSA) is 117 Å². The van der Waals surface area contributed by atoms with Crippen molar-refractivity contribution in [1.82, 2.24) is 8.75 Å². The summed E-state index contributed by atoms with van der Waals surface area (Å²) >= 11 is 1.04. The first-order valence-corrected chi connectivity index (χ1v) is 13.9. The smallest absolute Gasteiger partial charge is 0.336 e. The number of carbonyl (C=O) groups excluding carboxylic acids is 1. The number of allylic oxidation sites excluding steroid dienone is 1. The number of carboxylic acid groups (broad SMARTS) is 1. The van der Waals surface area contributed by atoms with Crippen molar-refractivity contribution in [2.24, 2.45) is 0 Å². The molecule has 0 spiro atoms. The molecule has 4 aromatic rings. The molecule has 0 amide bonds. The molecule has 3 aromatic carbocycles. The van der Waals surface area contributed by atoms with Crippen LogP contribution in [0.2, 0.25) is 0 Å². The second-order valence-corrected chi connectivity index (χ2v) is 10.2. The van der Waals surface area contributed by atoms with Crippen LogP contribution in [0.4, 0.5) is 0 Å². The number of aromatic nitrogens is 2. The normalized spacial score (nSPS) is 14.0. The summed E-state index contributed by atoms with van der Waals surface area (Å²) in [7, 11) is 4.62. The zero-order valence-electron chi connectivity index (χ0n) is 23.0. The van der Waals surface area contributed by atoms with Gasteiger partial charge in [0.2, 0.25) is 5.75 Å². The molecule has 0 atom stereocenters. The highest BCUT2D eigenvalue weighted by Crippen LogP contribution is 2.42. The Balaban J connectivity index is 1.64. The van der Waals surface area contributed by atoms with Crippen LogP contribution in [0, 0.1) is 0 Å². The fraction of sp³-hybridized carbons (Fsp3) is 0.290. The molecule has 5 rings (SSSR count). The van der Waals surface area contributed by atoms with Gasteiger partial charge in [0.25, 0.3) is 0 Å². The van der Waals surface area contributed by atoms with Crippen molar-refractivity contribution >= 4 is 40.1 Å². The number of carbonyl (C=O) groups is 2. The lowest BCUT2D eigenvalue weighted by Crippen LogP contribution is -2.15. The fourth-order valence-corrected chi connectivity index (χ4v) is 5.61. The number of ketones is 1. The number of rotatable bonds is 11. The van der Waals surface area contributed by atoms with Crippen molar-refractivity contribution < 1.29 is 33.6 Å². The lowest BCUT2D eigenvalue weighted by atomic mass is 9.89. The van der Waals surface area contributed by atoms with E-state index >= 15 is 0 Å². The zero-order chi connectivity index (χ0) is 28.9. The molecule has 9 nitrogen and oxygen atoms in total. The molecule has 0 radical (unpaired) electrons. The summed E-state index contributed by atoms with van der Waals surface area (Å²) in [5, 5.41) is 10.4. The maximum Gasteiger partial charge on any atom is 0.336 e. The van der Waals surface area contributed by atoms with Crippen LogP contribution in [-0.2, 0) is 11.2 Å². The first-order valence-electron chi connectivity index (χ1n) is 13.2. The van der Waals surface area contributed by atoms with Crippen molar-refractivity contribution in [2.75, 3.05) is 21.3 Å². The molecule has 0 unspecified atom stereocenters. The second-order valence-electron chi connectivity index (χ2n) is 9.71. The Labute approximate surface area is 241 Å². The minimum atomic E-state index is -1.23. The minimum absolute atomic E-state index is 0.00369. The number of aliphatic carboxylic acids is 1. The molecular weight excluding hydrogens is 544 g/mol. The van der Waals surface area contributed by atoms with Gasteiger partial charge in [0.1, 0.15) is 16.8 Å². The summed E-state index contributed by atoms with van der Waals surface area (Å²) in [6.45, 7) is 0. The third kappa shape index (κ3) is 6.02. The van der Waals surface area contributed by atoms with Crippen LogP contribution in [0.25, 0.3) is 16.6 Å². The van der Waals surface area contributed by atoms with Crippen LogP contribution in [0.3, 0.4) is 0 Å². The Bertz CT molecular complexity index is 1580. The van der Waals surface area contributed by atoms with Gasteiger partial charge in [0.05, 0.1) is 44.7 Å². The van der Waals surface area contributed by atoms with Crippen LogP contribution in [0.5, 0.6) is 23.0 Å². The molecule has 0 aliphatic heterocycles. The number of hydrogen-bond donors (Lipinski definition) is 1. The number of ether oxygens (including phenoxy) is 4. The van der Waals surface area contributed by atoms with E-state index < -0.39 is 11.8 Å². The van der Waals surface area contributed by atoms with E-state index in [-0.39, 0.29) is 23.7 Å². The summed E-state index contributed by atoms with van der Waals surface area (Å²) in [5.41, 5.74) is 2.50. The third-order valence-corrected chi connectivity index (χ3v) is 7.73. The molecule has 1 aromatic heterocycles. The Morgan fingerprint density at radius 1 is 0.854 bits per heavy atom. The van der Waals surface area contributed by atoms with Gasteiger partial charge in [-0.1, -0.05) is 6.07 Å². The quantitative estimate of drug-likeness (QED) is 0.170. The van der Waals surface area contributed by atoms with Crippen LogP contribution < -0.4 is 18.9 Å². The maximum atomic E-state index is 14.0. The molecule has 10 heteroatoms. The maximum absolute atomic E-state index is 14.0. The van der Waals surface area contributed by atoms with Crippen molar-refractivity contribution in [2.45, 2.75) is 38.2 Å². The van der Waals surface area contributed by atoms with E-state index in [4.69, 9.17) is 18.9 Å². The largest absolute Gasteiger partial charge is 0.497 e. The molecule has 1 aliphatic carbocycles. The van der Waals surface area contributed by atoms with Gasteiger partial charge in [-0.3, -0.25) is 4.79 Å². The lowest BCUT2D eigenvalue weighted by molar-refractivity contribution is -0.130. The lowest BCUT2D eigenvalue weighted by Gasteiger charge is -2.20. The van der Waals surface area contributed by atoms with E-state index in [0.717, 1.165) is 37.4 Å². The molecule has 212 valence electrons. The SMILES string of the molecule is COc1ccc(C(=O)/C(Cc2cc(OC)c(OC3CCCC3)c(OC)c2)=C(\C(=O)O)c2ccc3nsnc3c2)cc1. The summed E-state index contributed by atoms with van der Waals surface area (Å²) in [4.78, 5) is 26.8. The van der Waals surface area contributed by atoms with Gasteiger partial charge in [-0.2, -0.15) is 8.75 Å². The number of methoxy groups -OCH3 is 3. The molecule has 1 fully saturated rings. The number of Topliss-reactive ketones (excluding diaryl/α,β-unsaturated/α-hetero) is 1. The van der Waals surface area contributed by atoms with Crippen LogP contribution in [0.1, 0.15) is 47.2 Å². The van der Waals surface area contributed by atoms with E-state index in [1.54, 1.807) is 68.8 Å². The van der Waals surface area contributed by atoms with Gasteiger partial charge in [-0.25, -0.2) is 4.79 Å². The third-order valence-electron chi connectivity index (χ3n) is 7.17. The molecule has 1 aliphatic rings. The Hall–Kier alpha value is -4.44. The van der Waals surface area contributed by atoms with Crippen molar-refractivity contribution in [3.63, 3.8) is 0 Å². The monoisotopic (exact) mass is 574 g/mol. The average molecular weight is 575 g/mol. The van der Waals surface area contributed by atoms with Gasteiger partial charge in [-0.15, -0.1) is 0 Å². The Morgan fingerprint density at radius 3 is 2.10 bits per heavy atom. The highest BCUT2D eigenvalue weighted by atomic mass is 32.1. The number of fused-ring (bicyclic) bond motifs is 1. The highest BCUT2D eigenvalue weighted by Gasteiger charge is 2.27. The zero-order valence-corrected chi connectivity index (χ0v) is 23.8. The molecule has 0 bridgehead atoms. The summed E-state index contributed by atoms with van der Waals surface area (Å²) in [6, 6.07) is 15.1. The predicted octanol–water partition coefficient (Wildman–Crippen LogP) is 6.00. The first-order chi connectivity index (χ1) is 19.9. The summed E-state index contributed by atoms with van der Waals surface area (Å²) in [6.07, 6.45) is 4.20. The molecule has 0 saturated heterocycles. The van der Waals surface area contributed by atoms with Crippen molar-refractivity contribution in [1.29, 1.82) is 0 Å². The Kier molecular flexibility index (Phi) is 8.49. The Morgan fingerprint density at radius 2 is 1.49 bits per heavy atom. The molecule has 41 heavy (non-hydrogen) atoms. The van der Waals surface area contributed by atoms with E-state index in [0.29, 0.717) is 50.7 Å². The molecule has 1 heterocycles. The van der Waals surface area contributed by atoms with Crippen LogP contribution in [-0.4, -0.2) is 53.0 Å². The number of carboxylic acids is 1. The fourth-order valence-electron chi connectivity index (χ4n) is 5.09. The highest BCUT2D eigenvalue weighted by molar-refractivity contribution is 7.00. The van der Waals surface area contributed by atoms with Crippen molar-refractivity contribution in [3.05, 3.63) is 76.9 Å². The van der Waals surface area contributed by atoms with Crippen molar-refractivity contribution in [3.8, 4) is 23.0 Å². The molecule has 1 saturated carbocycles. The van der Waals surface area contributed by atoms with Crippen LogP contribution >= 0.6 is 11.7 Å². The second kappa shape index (κ2) is 12.4. The van der Waals surface area contributed by atoms with E-state index in [1.165, 1.54) is 7.11 Å². The van der Waals surface area contributed by atoms with E-state index in [1.807, 2.05) is 0 Å². The molecule has 1 N–H and O–H groups in total. The van der Waals surface area contributed by atoms with Gasteiger partial charge in [-0.05, 0) is 85.3 Å². The van der Waals surface area contributed by atoms with Gasteiger partial charge in [0, 0.05) is 17.6 Å². The number of nitrogens with zero attached hydrogens (tertiary/aromatic N) is 2. The van der Waals surface area contributed by atoms with Crippen LogP contribution in [0.15, 0.2) is 60.2 Å². The summed E-state index contributed by atoms with van der Waals surface area (Å²) in [5.74, 6) is 0.330. The number of benzene rings is 3. The standard InChI is InChI=1S/C31H30N2O7S/c1-37-21-11-8-19(9-12-21)29(34)23(28(31(35)36)20-10-13-24-25(17-20)33-41-32-24)14-18-15-26(38-2)30(27(16-18)39-3)40-22-6-4-5-7-22/h8-13,15-17,22H,4-7,14H2,1-3H3,(H,35,36)/b28-23-. The number of hydrogen-bond acceptors (Lipinski definition) is 9. The predicted molar refractivity (Wildman–Crippen MR) is 155 cm³/mol. The summed E-state index contributed by atoms with van der Waals surface area (Å²) < 4.78 is 31.3.